The molecule has 60 valence electrons. The smallest absolute Gasteiger partial charge is 0.222 e. The van der Waals surface area contributed by atoms with Crippen molar-refractivity contribution in [1.82, 2.24) is 4.90 Å². The second-order valence-corrected chi connectivity index (χ2v) is 3.29. The zero-order valence-corrected chi connectivity index (χ0v) is 6.38. The van der Waals surface area contributed by atoms with Gasteiger partial charge in [0.1, 0.15) is 5.78 Å². The van der Waals surface area contributed by atoms with Crippen molar-refractivity contribution in [2.24, 2.45) is 0 Å². The predicted molar refractivity (Wildman–Crippen MR) is 39.0 cm³/mol. The Labute approximate surface area is 65.4 Å². The highest BCUT2D eigenvalue weighted by atomic mass is 16.2. The van der Waals surface area contributed by atoms with Gasteiger partial charge in [0, 0.05) is 31.8 Å². The summed E-state index contributed by atoms with van der Waals surface area (Å²) in [5.74, 6) is 0.539. The van der Waals surface area contributed by atoms with Crippen molar-refractivity contribution in [3.63, 3.8) is 0 Å². The summed E-state index contributed by atoms with van der Waals surface area (Å²) in [5, 5.41) is 0. The van der Waals surface area contributed by atoms with Gasteiger partial charge in [0.2, 0.25) is 5.91 Å². The highest BCUT2D eigenvalue weighted by molar-refractivity contribution is 5.88. The van der Waals surface area contributed by atoms with Crippen LogP contribution in [0.1, 0.15) is 25.7 Å². The SMILES string of the molecule is O=C1CC(N2CCCC2=O)C1. The fourth-order valence-electron chi connectivity index (χ4n) is 1.74. The zero-order chi connectivity index (χ0) is 7.84. The minimum Gasteiger partial charge on any atom is -0.339 e. The van der Waals surface area contributed by atoms with Crippen molar-refractivity contribution in [3.8, 4) is 0 Å². The van der Waals surface area contributed by atoms with Crippen molar-refractivity contribution in [2.75, 3.05) is 6.54 Å². The van der Waals surface area contributed by atoms with Gasteiger partial charge in [-0.25, -0.2) is 0 Å². The van der Waals surface area contributed by atoms with Crippen LogP contribution in [0.2, 0.25) is 0 Å². The molecule has 1 amide bonds. The predicted octanol–water partition coefficient (Wildman–Crippen LogP) is 0.340. The minimum absolute atomic E-state index is 0.238. The number of carbonyl (C=O) groups excluding carboxylic acids is 2. The number of carbonyl (C=O) groups is 2. The first-order valence-corrected chi connectivity index (χ1v) is 4.08. The first-order chi connectivity index (χ1) is 5.27. The third-order valence-corrected chi connectivity index (χ3v) is 2.48. The van der Waals surface area contributed by atoms with Crippen molar-refractivity contribution in [2.45, 2.75) is 31.7 Å². The molecule has 0 aromatic rings. The Kier molecular flexibility index (Phi) is 1.44. The van der Waals surface area contributed by atoms with E-state index in [4.69, 9.17) is 0 Å². The molecule has 0 spiro atoms. The number of Topliss-reactive ketones (excluding diaryl/α,β-unsaturated/α-hetero) is 1. The van der Waals surface area contributed by atoms with Crippen LogP contribution in [-0.2, 0) is 9.59 Å². The molecule has 0 unspecified atom stereocenters. The summed E-state index contributed by atoms with van der Waals surface area (Å²) in [4.78, 5) is 23.6. The van der Waals surface area contributed by atoms with Crippen molar-refractivity contribution < 1.29 is 9.59 Å². The quantitative estimate of drug-likeness (QED) is 0.544. The van der Waals surface area contributed by atoms with Crippen LogP contribution < -0.4 is 0 Å². The molecule has 0 atom stereocenters. The van der Waals surface area contributed by atoms with Crippen LogP contribution in [0, 0.1) is 0 Å². The van der Waals surface area contributed by atoms with Crippen LogP contribution in [0.25, 0.3) is 0 Å². The van der Waals surface area contributed by atoms with Crippen molar-refractivity contribution >= 4 is 11.7 Å². The first-order valence-electron chi connectivity index (χ1n) is 4.08. The lowest BCUT2D eigenvalue weighted by Gasteiger charge is -2.33. The molecule has 0 N–H and O–H groups in total. The largest absolute Gasteiger partial charge is 0.339 e. The van der Waals surface area contributed by atoms with Gasteiger partial charge in [-0.15, -0.1) is 0 Å². The van der Waals surface area contributed by atoms with Gasteiger partial charge in [0.25, 0.3) is 0 Å². The molecule has 3 nitrogen and oxygen atoms in total. The maximum Gasteiger partial charge on any atom is 0.222 e. The van der Waals surface area contributed by atoms with Gasteiger partial charge < -0.3 is 4.90 Å². The van der Waals surface area contributed by atoms with Crippen LogP contribution in [0.15, 0.2) is 0 Å². The van der Waals surface area contributed by atoms with Crippen LogP contribution in [0.3, 0.4) is 0 Å². The average molecular weight is 153 g/mol. The highest BCUT2D eigenvalue weighted by Crippen LogP contribution is 2.25. The van der Waals surface area contributed by atoms with Gasteiger partial charge in [0.15, 0.2) is 0 Å². The van der Waals surface area contributed by atoms with E-state index >= 15 is 0 Å². The third kappa shape index (κ3) is 1.04. The van der Waals surface area contributed by atoms with E-state index in [9.17, 15) is 9.59 Å². The Morgan fingerprint density at radius 3 is 2.45 bits per heavy atom. The summed E-state index contributed by atoms with van der Waals surface area (Å²) in [6, 6.07) is 0.262. The number of rotatable bonds is 1. The summed E-state index contributed by atoms with van der Waals surface area (Å²) in [6.45, 7) is 0.872. The summed E-state index contributed by atoms with van der Waals surface area (Å²) >= 11 is 0. The van der Waals surface area contributed by atoms with E-state index in [2.05, 4.69) is 0 Å². The zero-order valence-electron chi connectivity index (χ0n) is 6.38. The molecule has 3 heteroatoms. The maximum absolute atomic E-state index is 11.1. The van der Waals surface area contributed by atoms with E-state index in [0.29, 0.717) is 25.0 Å². The Morgan fingerprint density at radius 2 is 2.00 bits per heavy atom. The van der Waals surface area contributed by atoms with Gasteiger partial charge in [-0.3, -0.25) is 9.59 Å². The lowest BCUT2D eigenvalue weighted by Crippen LogP contribution is -2.45. The number of amides is 1. The number of hydrogen-bond donors (Lipinski definition) is 0. The van der Waals surface area contributed by atoms with E-state index < -0.39 is 0 Å². The fraction of sp³-hybridized carbons (Fsp3) is 0.750. The topological polar surface area (TPSA) is 37.4 Å². The van der Waals surface area contributed by atoms with Gasteiger partial charge >= 0.3 is 0 Å². The first kappa shape index (κ1) is 6.83. The van der Waals surface area contributed by atoms with Crippen LogP contribution in [0.5, 0.6) is 0 Å². The Bertz CT molecular complexity index is 204. The molecule has 0 radical (unpaired) electrons. The average Bonchev–Trinajstić information content (AvgIpc) is 2.29. The maximum atomic E-state index is 11.1. The second-order valence-electron chi connectivity index (χ2n) is 3.29. The fourth-order valence-corrected chi connectivity index (χ4v) is 1.74. The van der Waals surface area contributed by atoms with Gasteiger partial charge in [-0.2, -0.15) is 0 Å². The number of likely N-dealkylation sites (tertiary alicyclic amines) is 1. The number of hydrogen-bond acceptors (Lipinski definition) is 2. The number of nitrogens with zero attached hydrogens (tertiary/aromatic N) is 1. The molecule has 1 saturated carbocycles. The molecular weight excluding hydrogens is 142 g/mol. The van der Waals surface area contributed by atoms with Crippen LogP contribution >= 0.6 is 0 Å². The molecule has 2 rings (SSSR count). The molecule has 0 aromatic heterocycles. The molecule has 11 heavy (non-hydrogen) atoms. The molecule has 0 bridgehead atoms. The molecule has 0 aromatic carbocycles. The summed E-state index contributed by atoms with van der Waals surface area (Å²) < 4.78 is 0. The van der Waals surface area contributed by atoms with E-state index in [1.807, 2.05) is 4.90 Å². The van der Waals surface area contributed by atoms with Crippen molar-refractivity contribution in [1.29, 1.82) is 0 Å². The number of ketones is 1. The Hall–Kier alpha value is -0.860. The summed E-state index contributed by atoms with van der Waals surface area (Å²) in [6.07, 6.45) is 2.87. The molecule has 1 aliphatic heterocycles. The van der Waals surface area contributed by atoms with Crippen molar-refractivity contribution in [3.05, 3.63) is 0 Å². The molecule has 2 aliphatic rings. The normalized spacial score (nSPS) is 26.0. The lowest BCUT2D eigenvalue weighted by atomic mass is 9.90. The molecule has 1 heterocycles. The van der Waals surface area contributed by atoms with E-state index in [-0.39, 0.29) is 11.9 Å². The highest BCUT2D eigenvalue weighted by Gasteiger charge is 2.36. The Morgan fingerprint density at radius 1 is 1.27 bits per heavy atom. The molecule has 1 aliphatic carbocycles. The molecule has 1 saturated heterocycles. The van der Waals surface area contributed by atoms with Crippen LogP contribution in [0.4, 0.5) is 0 Å². The molecular formula is C8H11NO2. The van der Waals surface area contributed by atoms with E-state index in [1.165, 1.54) is 0 Å². The molecule has 2 fully saturated rings. The van der Waals surface area contributed by atoms with Gasteiger partial charge in [-0.05, 0) is 6.42 Å². The van der Waals surface area contributed by atoms with Gasteiger partial charge in [0.05, 0.1) is 0 Å². The lowest BCUT2D eigenvalue weighted by molar-refractivity contribution is -0.136. The summed E-state index contributed by atoms with van der Waals surface area (Å²) in [5.41, 5.74) is 0. The third-order valence-electron chi connectivity index (χ3n) is 2.48. The Balaban J connectivity index is 1.95. The summed E-state index contributed by atoms with van der Waals surface area (Å²) in [7, 11) is 0. The van der Waals surface area contributed by atoms with Crippen LogP contribution in [-0.4, -0.2) is 29.2 Å². The van der Waals surface area contributed by atoms with E-state index in [0.717, 1.165) is 13.0 Å². The second kappa shape index (κ2) is 2.32. The monoisotopic (exact) mass is 153 g/mol. The van der Waals surface area contributed by atoms with Gasteiger partial charge in [-0.1, -0.05) is 0 Å². The minimum atomic E-state index is 0.238. The standard InChI is InChI=1S/C8H11NO2/c10-7-4-6(5-7)9-3-1-2-8(9)11/h6H,1-5H2. The van der Waals surface area contributed by atoms with E-state index in [1.54, 1.807) is 0 Å².